The first-order chi connectivity index (χ1) is 6.24. The summed E-state index contributed by atoms with van der Waals surface area (Å²) >= 11 is 0. The maximum absolute atomic E-state index is 4.13. The molecule has 0 radical (unpaired) electrons. The van der Waals surface area contributed by atoms with E-state index < -0.39 is 0 Å². The number of nitrogens with zero attached hydrogens (tertiary/aromatic N) is 2. The molecule has 74 valence electrons. The van der Waals surface area contributed by atoms with Gasteiger partial charge in [0.2, 0.25) is 0 Å². The normalized spacial score (nSPS) is 11.1. The molecule has 0 bridgehead atoms. The van der Waals surface area contributed by atoms with Gasteiger partial charge in [0.25, 0.3) is 0 Å². The van der Waals surface area contributed by atoms with Crippen molar-refractivity contribution >= 4 is 0 Å². The minimum absolute atomic E-state index is 0.564. The lowest BCUT2D eigenvalue weighted by atomic mass is 10.3. The fourth-order valence-corrected chi connectivity index (χ4v) is 1.32. The predicted octanol–water partition coefficient (Wildman–Crippen LogP) is 1.44. The smallest absolute Gasteiger partial charge is 0.0948 e. The van der Waals surface area contributed by atoms with Gasteiger partial charge in [-0.3, -0.25) is 0 Å². The van der Waals surface area contributed by atoms with E-state index in [4.69, 9.17) is 0 Å². The molecular weight excluding hydrogens is 162 g/mol. The van der Waals surface area contributed by atoms with Gasteiger partial charge in [0.05, 0.1) is 6.33 Å². The van der Waals surface area contributed by atoms with Gasteiger partial charge in [-0.1, -0.05) is 20.8 Å². The summed E-state index contributed by atoms with van der Waals surface area (Å²) in [6.07, 6.45) is 4.90. The molecule has 0 saturated heterocycles. The Bertz CT molecular complexity index is 240. The number of imidazole rings is 1. The van der Waals surface area contributed by atoms with E-state index in [1.54, 1.807) is 0 Å². The number of aryl methyl sites for hydroxylation is 1. The van der Waals surface area contributed by atoms with Gasteiger partial charge in [0.1, 0.15) is 0 Å². The highest BCUT2D eigenvalue weighted by Crippen LogP contribution is 1.98. The zero-order valence-corrected chi connectivity index (χ0v) is 8.75. The Morgan fingerprint density at radius 1 is 1.54 bits per heavy atom. The second kappa shape index (κ2) is 5.02. The van der Waals surface area contributed by atoms with Crippen molar-refractivity contribution in [2.75, 3.05) is 6.54 Å². The summed E-state index contributed by atoms with van der Waals surface area (Å²) in [6, 6.07) is 0.564. The van der Waals surface area contributed by atoms with Crippen molar-refractivity contribution in [2.24, 2.45) is 0 Å². The summed E-state index contributed by atoms with van der Waals surface area (Å²) in [5.41, 5.74) is 1.31. The van der Waals surface area contributed by atoms with Crippen LogP contribution in [-0.2, 0) is 13.0 Å². The van der Waals surface area contributed by atoms with Gasteiger partial charge in [-0.25, -0.2) is 4.98 Å². The van der Waals surface area contributed by atoms with Crippen LogP contribution in [0.15, 0.2) is 12.5 Å². The molecular formula is C10H19N3. The van der Waals surface area contributed by atoms with Crippen LogP contribution in [0.5, 0.6) is 0 Å². The van der Waals surface area contributed by atoms with Gasteiger partial charge in [-0.2, -0.15) is 0 Å². The van der Waals surface area contributed by atoms with Crippen LogP contribution < -0.4 is 5.32 Å². The first-order valence-corrected chi connectivity index (χ1v) is 4.96. The Labute approximate surface area is 80.2 Å². The maximum Gasteiger partial charge on any atom is 0.0948 e. The number of hydrogen-bond donors (Lipinski definition) is 1. The Balaban J connectivity index is 2.36. The van der Waals surface area contributed by atoms with Crippen LogP contribution in [0.2, 0.25) is 0 Å². The molecule has 0 saturated carbocycles. The largest absolute Gasteiger partial charge is 0.333 e. The second-order valence-electron chi connectivity index (χ2n) is 3.54. The Kier molecular flexibility index (Phi) is 3.96. The molecule has 0 fully saturated rings. The molecule has 1 rings (SSSR count). The molecule has 1 heterocycles. The quantitative estimate of drug-likeness (QED) is 0.745. The van der Waals surface area contributed by atoms with E-state index in [-0.39, 0.29) is 0 Å². The lowest BCUT2D eigenvalue weighted by Gasteiger charge is -2.10. The van der Waals surface area contributed by atoms with Gasteiger partial charge in [-0.15, -0.1) is 0 Å². The summed E-state index contributed by atoms with van der Waals surface area (Å²) in [6.45, 7) is 8.51. The molecule has 3 heteroatoms. The fourth-order valence-electron chi connectivity index (χ4n) is 1.32. The molecule has 1 aromatic rings. The third kappa shape index (κ3) is 3.19. The van der Waals surface area contributed by atoms with E-state index in [0.717, 1.165) is 19.5 Å². The highest BCUT2D eigenvalue weighted by Gasteiger charge is 1.98. The number of aromatic nitrogens is 2. The number of hydrogen-bond acceptors (Lipinski definition) is 2. The summed E-state index contributed by atoms with van der Waals surface area (Å²) in [5, 5.41) is 3.39. The Morgan fingerprint density at radius 2 is 2.31 bits per heavy atom. The van der Waals surface area contributed by atoms with E-state index in [9.17, 15) is 0 Å². The first-order valence-electron chi connectivity index (χ1n) is 4.96. The third-order valence-corrected chi connectivity index (χ3v) is 2.07. The molecule has 0 atom stereocenters. The topological polar surface area (TPSA) is 29.9 Å². The highest BCUT2D eigenvalue weighted by molar-refractivity contribution is 4.97. The van der Waals surface area contributed by atoms with Crippen molar-refractivity contribution in [3.05, 3.63) is 18.2 Å². The van der Waals surface area contributed by atoms with Gasteiger partial charge < -0.3 is 9.88 Å². The molecule has 0 unspecified atom stereocenters. The van der Waals surface area contributed by atoms with Crippen LogP contribution in [0.1, 0.15) is 26.5 Å². The molecule has 0 aliphatic carbocycles. The van der Waals surface area contributed by atoms with Gasteiger partial charge in [0.15, 0.2) is 0 Å². The zero-order chi connectivity index (χ0) is 9.68. The summed E-state index contributed by atoms with van der Waals surface area (Å²) in [4.78, 5) is 4.13. The molecule has 13 heavy (non-hydrogen) atoms. The standard InChI is InChI=1S/C10H19N3/c1-4-10-7-11-8-13(10)6-5-12-9(2)3/h7-9,12H,4-6H2,1-3H3. The van der Waals surface area contributed by atoms with Crippen LogP contribution in [0, 0.1) is 0 Å². The minimum atomic E-state index is 0.564. The molecule has 0 amide bonds. The molecule has 0 aliphatic rings. The van der Waals surface area contributed by atoms with E-state index in [1.165, 1.54) is 5.69 Å². The third-order valence-electron chi connectivity index (χ3n) is 2.07. The molecule has 1 N–H and O–H groups in total. The fraction of sp³-hybridized carbons (Fsp3) is 0.700. The summed E-state index contributed by atoms with van der Waals surface area (Å²) < 4.78 is 2.20. The van der Waals surface area contributed by atoms with Crippen molar-refractivity contribution in [3.63, 3.8) is 0 Å². The molecule has 3 nitrogen and oxygen atoms in total. The van der Waals surface area contributed by atoms with Crippen molar-refractivity contribution in [1.29, 1.82) is 0 Å². The second-order valence-corrected chi connectivity index (χ2v) is 3.54. The highest BCUT2D eigenvalue weighted by atomic mass is 15.1. The van der Waals surface area contributed by atoms with E-state index >= 15 is 0 Å². The summed E-state index contributed by atoms with van der Waals surface area (Å²) in [7, 11) is 0. The van der Waals surface area contributed by atoms with Crippen LogP contribution in [0.4, 0.5) is 0 Å². The predicted molar refractivity (Wildman–Crippen MR) is 54.7 cm³/mol. The minimum Gasteiger partial charge on any atom is -0.333 e. The van der Waals surface area contributed by atoms with Crippen molar-refractivity contribution in [1.82, 2.24) is 14.9 Å². The van der Waals surface area contributed by atoms with Crippen LogP contribution in [0.25, 0.3) is 0 Å². The molecule has 0 aliphatic heterocycles. The molecule has 0 aromatic carbocycles. The van der Waals surface area contributed by atoms with Crippen LogP contribution >= 0.6 is 0 Å². The number of nitrogens with one attached hydrogen (secondary N) is 1. The molecule has 1 aromatic heterocycles. The Hall–Kier alpha value is -0.830. The zero-order valence-electron chi connectivity index (χ0n) is 8.75. The average molecular weight is 181 g/mol. The van der Waals surface area contributed by atoms with Crippen molar-refractivity contribution in [3.8, 4) is 0 Å². The lowest BCUT2D eigenvalue weighted by molar-refractivity contribution is 0.534. The van der Waals surface area contributed by atoms with Crippen molar-refractivity contribution < 1.29 is 0 Å². The van der Waals surface area contributed by atoms with Crippen LogP contribution in [-0.4, -0.2) is 22.1 Å². The van der Waals surface area contributed by atoms with E-state index in [2.05, 4.69) is 35.6 Å². The van der Waals surface area contributed by atoms with E-state index in [1.807, 2.05) is 12.5 Å². The Morgan fingerprint density at radius 3 is 2.92 bits per heavy atom. The molecule has 0 spiro atoms. The first kappa shape index (κ1) is 10.3. The van der Waals surface area contributed by atoms with Gasteiger partial charge in [-0.05, 0) is 6.42 Å². The number of rotatable bonds is 5. The van der Waals surface area contributed by atoms with Crippen LogP contribution in [0.3, 0.4) is 0 Å². The SMILES string of the molecule is CCc1cncn1CCNC(C)C. The monoisotopic (exact) mass is 181 g/mol. The van der Waals surface area contributed by atoms with Crippen molar-refractivity contribution in [2.45, 2.75) is 39.8 Å². The van der Waals surface area contributed by atoms with Gasteiger partial charge >= 0.3 is 0 Å². The lowest BCUT2D eigenvalue weighted by Crippen LogP contribution is -2.26. The van der Waals surface area contributed by atoms with Gasteiger partial charge in [0, 0.05) is 31.0 Å². The summed E-state index contributed by atoms with van der Waals surface area (Å²) in [5.74, 6) is 0. The average Bonchev–Trinajstić information content (AvgIpc) is 2.51. The maximum atomic E-state index is 4.13. The van der Waals surface area contributed by atoms with E-state index in [0.29, 0.717) is 6.04 Å².